The second kappa shape index (κ2) is 7.91. The number of aromatic nitrogens is 1. The molecular weight excluding hydrogens is 360 g/mol. The van der Waals surface area contributed by atoms with Crippen molar-refractivity contribution in [2.24, 2.45) is 0 Å². The number of anilines is 1. The Morgan fingerprint density at radius 1 is 1.07 bits per heavy atom. The first kappa shape index (κ1) is 19.5. The third-order valence-corrected chi connectivity index (χ3v) is 6.17. The van der Waals surface area contributed by atoms with E-state index in [1.165, 1.54) is 22.3 Å². The minimum absolute atomic E-state index is 0.113. The molecule has 1 fully saturated rings. The Morgan fingerprint density at radius 3 is 2.45 bits per heavy atom. The summed E-state index contributed by atoms with van der Waals surface area (Å²) in [7, 11) is 0. The summed E-state index contributed by atoms with van der Waals surface area (Å²) < 4.78 is 0. The van der Waals surface area contributed by atoms with Crippen molar-refractivity contribution < 1.29 is 4.79 Å². The van der Waals surface area contributed by atoms with Gasteiger partial charge in [-0.1, -0.05) is 18.2 Å². The summed E-state index contributed by atoms with van der Waals surface area (Å²) in [6.07, 6.45) is 0. The lowest BCUT2D eigenvalue weighted by molar-refractivity contribution is 0.0736. The first-order chi connectivity index (χ1) is 14.0. The molecule has 0 radical (unpaired) electrons. The number of nitrogens with one attached hydrogen (secondary N) is 3. The van der Waals surface area contributed by atoms with Crippen molar-refractivity contribution in [3.63, 3.8) is 0 Å². The zero-order valence-electron chi connectivity index (χ0n) is 17.8. The maximum absolute atomic E-state index is 13.2. The fraction of sp³-hybridized carbons (Fsp3) is 0.375. The molecule has 152 valence electrons. The molecule has 0 atom stereocenters. The number of amides is 1. The van der Waals surface area contributed by atoms with Crippen LogP contribution in [0.4, 0.5) is 5.69 Å². The van der Waals surface area contributed by atoms with Crippen molar-refractivity contribution >= 4 is 22.5 Å². The van der Waals surface area contributed by atoms with E-state index in [2.05, 4.69) is 61.5 Å². The normalized spacial score (nSPS) is 14.4. The molecule has 0 unspecified atom stereocenters. The van der Waals surface area contributed by atoms with Gasteiger partial charge in [0.1, 0.15) is 0 Å². The molecule has 1 aliphatic rings. The Hall–Kier alpha value is -2.79. The molecule has 1 saturated heterocycles. The van der Waals surface area contributed by atoms with Gasteiger partial charge in [0.15, 0.2) is 0 Å². The van der Waals surface area contributed by atoms with Gasteiger partial charge < -0.3 is 20.5 Å². The highest BCUT2D eigenvalue weighted by Gasteiger charge is 2.21. The van der Waals surface area contributed by atoms with Crippen molar-refractivity contribution in [3.05, 3.63) is 63.8 Å². The van der Waals surface area contributed by atoms with E-state index in [0.717, 1.165) is 60.6 Å². The number of aromatic amines is 1. The van der Waals surface area contributed by atoms with Crippen LogP contribution in [0.3, 0.4) is 0 Å². The van der Waals surface area contributed by atoms with Gasteiger partial charge in [0, 0.05) is 49.4 Å². The summed E-state index contributed by atoms with van der Waals surface area (Å²) in [5, 5.41) is 8.04. The zero-order chi connectivity index (χ0) is 20.5. The first-order valence-electron chi connectivity index (χ1n) is 10.4. The monoisotopic (exact) mass is 390 g/mol. The van der Waals surface area contributed by atoms with E-state index in [1.807, 2.05) is 17.0 Å². The molecule has 1 amide bonds. The Balaban J connectivity index is 1.71. The maximum Gasteiger partial charge on any atom is 0.254 e. The van der Waals surface area contributed by atoms with E-state index in [0.29, 0.717) is 0 Å². The summed E-state index contributed by atoms with van der Waals surface area (Å²) in [4.78, 5) is 18.6. The van der Waals surface area contributed by atoms with Gasteiger partial charge in [0.2, 0.25) is 0 Å². The van der Waals surface area contributed by atoms with Crippen LogP contribution < -0.4 is 10.6 Å². The van der Waals surface area contributed by atoms with E-state index in [1.54, 1.807) is 0 Å². The second-order valence-corrected chi connectivity index (χ2v) is 8.09. The molecule has 0 saturated carbocycles. The number of rotatable bonds is 4. The summed E-state index contributed by atoms with van der Waals surface area (Å²) in [5.41, 5.74) is 9.01. The third-order valence-electron chi connectivity index (χ3n) is 6.17. The van der Waals surface area contributed by atoms with Crippen LogP contribution >= 0.6 is 0 Å². The molecule has 2 aromatic carbocycles. The van der Waals surface area contributed by atoms with Gasteiger partial charge in [-0.15, -0.1) is 0 Å². The number of aryl methyl sites for hydroxylation is 4. The average Bonchev–Trinajstić information content (AvgIpc) is 3.02. The Bertz CT molecular complexity index is 1040. The number of H-pyrrole nitrogens is 1. The topological polar surface area (TPSA) is 60.2 Å². The van der Waals surface area contributed by atoms with E-state index >= 15 is 0 Å². The van der Waals surface area contributed by atoms with E-state index < -0.39 is 0 Å². The molecule has 29 heavy (non-hydrogen) atoms. The van der Waals surface area contributed by atoms with Gasteiger partial charge in [-0.3, -0.25) is 4.79 Å². The Kier molecular flexibility index (Phi) is 5.33. The number of hydrogen-bond donors (Lipinski definition) is 3. The van der Waals surface area contributed by atoms with Crippen molar-refractivity contribution in [1.82, 2.24) is 15.2 Å². The average molecular weight is 391 g/mol. The van der Waals surface area contributed by atoms with Gasteiger partial charge in [-0.25, -0.2) is 0 Å². The quantitative estimate of drug-likeness (QED) is 0.630. The van der Waals surface area contributed by atoms with Gasteiger partial charge in [0.05, 0.1) is 11.2 Å². The van der Waals surface area contributed by atoms with Gasteiger partial charge in [-0.05, 0) is 62.1 Å². The molecule has 3 aromatic rings. The molecule has 1 aliphatic heterocycles. The Morgan fingerprint density at radius 2 is 1.76 bits per heavy atom. The van der Waals surface area contributed by atoms with Crippen LogP contribution in [0.5, 0.6) is 0 Å². The maximum atomic E-state index is 13.2. The van der Waals surface area contributed by atoms with Gasteiger partial charge in [0.25, 0.3) is 5.91 Å². The highest BCUT2D eigenvalue weighted by atomic mass is 16.2. The molecule has 3 N–H and O–H groups in total. The fourth-order valence-corrected chi connectivity index (χ4v) is 4.18. The van der Waals surface area contributed by atoms with Crippen LogP contribution in [0.15, 0.2) is 30.3 Å². The molecule has 0 spiro atoms. The number of nitrogens with zero attached hydrogens (tertiary/aromatic N) is 1. The number of benzene rings is 2. The Labute approximate surface area is 172 Å². The lowest BCUT2D eigenvalue weighted by atomic mass is 10.0. The molecule has 0 aliphatic carbocycles. The lowest BCUT2D eigenvalue weighted by Gasteiger charge is -2.27. The van der Waals surface area contributed by atoms with Crippen LogP contribution in [-0.4, -0.2) is 42.0 Å². The highest BCUT2D eigenvalue weighted by Crippen LogP contribution is 2.31. The minimum atomic E-state index is 0.113. The molecule has 5 heteroatoms. The van der Waals surface area contributed by atoms with Crippen molar-refractivity contribution in [2.75, 3.05) is 31.5 Å². The molecule has 5 nitrogen and oxygen atoms in total. The SMILES string of the molecule is Cc1cccc(C)c1CNc1cc(C(=O)N2CCNCC2)cc2c(C)c(C)[nH]c12. The number of carbonyl (C=O) groups excluding carboxylic acids is 1. The fourth-order valence-electron chi connectivity index (χ4n) is 4.18. The predicted octanol–water partition coefficient (Wildman–Crippen LogP) is 4.06. The first-order valence-corrected chi connectivity index (χ1v) is 10.4. The number of carbonyl (C=O) groups is 1. The standard InChI is InChI=1S/C24H30N4O/c1-15-6-5-7-16(2)21(15)14-26-22-13-19(24(29)28-10-8-25-9-11-28)12-20-17(3)18(4)27-23(20)22/h5-7,12-13,25-27H,8-11,14H2,1-4H3. The molecule has 2 heterocycles. The summed E-state index contributed by atoms with van der Waals surface area (Å²) >= 11 is 0. The summed E-state index contributed by atoms with van der Waals surface area (Å²) in [6, 6.07) is 10.4. The van der Waals surface area contributed by atoms with Crippen LogP contribution in [0.25, 0.3) is 10.9 Å². The molecule has 0 bridgehead atoms. The number of hydrogen-bond acceptors (Lipinski definition) is 3. The van der Waals surface area contributed by atoms with Gasteiger partial charge >= 0.3 is 0 Å². The van der Waals surface area contributed by atoms with E-state index in [9.17, 15) is 4.79 Å². The van der Waals surface area contributed by atoms with Crippen LogP contribution in [0.1, 0.15) is 38.3 Å². The predicted molar refractivity (Wildman–Crippen MR) is 120 cm³/mol. The summed E-state index contributed by atoms with van der Waals surface area (Å²) in [6.45, 7) is 12.4. The number of piperazine rings is 1. The van der Waals surface area contributed by atoms with E-state index in [4.69, 9.17) is 0 Å². The van der Waals surface area contributed by atoms with Crippen LogP contribution in [0.2, 0.25) is 0 Å². The van der Waals surface area contributed by atoms with Crippen molar-refractivity contribution in [1.29, 1.82) is 0 Å². The van der Waals surface area contributed by atoms with Gasteiger partial charge in [-0.2, -0.15) is 0 Å². The molecule has 1 aromatic heterocycles. The third kappa shape index (κ3) is 3.75. The molecule has 4 rings (SSSR count). The highest BCUT2D eigenvalue weighted by molar-refractivity contribution is 6.03. The van der Waals surface area contributed by atoms with Crippen molar-refractivity contribution in [3.8, 4) is 0 Å². The van der Waals surface area contributed by atoms with Crippen LogP contribution in [-0.2, 0) is 6.54 Å². The zero-order valence-corrected chi connectivity index (χ0v) is 17.8. The van der Waals surface area contributed by atoms with Crippen molar-refractivity contribution in [2.45, 2.75) is 34.2 Å². The molecular formula is C24H30N4O. The largest absolute Gasteiger partial charge is 0.379 e. The minimum Gasteiger partial charge on any atom is -0.379 e. The van der Waals surface area contributed by atoms with Crippen LogP contribution in [0, 0.1) is 27.7 Å². The second-order valence-electron chi connectivity index (χ2n) is 8.09. The van der Waals surface area contributed by atoms with E-state index in [-0.39, 0.29) is 5.91 Å². The lowest BCUT2D eigenvalue weighted by Crippen LogP contribution is -2.46. The number of fused-ring (bicyclic) bond motifs is 1. The smallest absolute Gasteiger partial charge is 0.254 e. The summed E-state index contributed by atoms with van der Waals surface area (Å²) in [5.74, 6) is 0.113.